The van der Waals surface area contributed by atoms with E-state index in [-0.39, 0.29) is 12.1 Å². The van der Waals surface area contributed by atoms with Crippen molar-refractivity contribution in [2.45, 2.75) is 18.6 Å². The molecule has 1 fully saturated rings. The summed E-state index contributed by atoms with van der Waals surface area (Å²) in [7, 11) is 1.58. The van der Waals surface area contributed by atoms with Crippen LogP contribution in [-0.2, 0) is 0 Å². The molecule has 0 aliphatic carbocycles. The number of anilines is 4. The molecule has 0 bridgehead atoms. The second kappa shape index (κ2) is 10.0. The van der Waals surface area contributed by atoms with Crippen LogP contribution in [0.25, 0.3) is 0 Å². The van der Waals surface area contributed by atoms with Gasteiger partial charge in [-0.15, -0.1) is 0 Å². The van der Waals surface area contributed by atoms with Crippen LogP contribution in [0.15, 0.2) is 54.9 Å². The van der Waals surface area contributed by atoms with Gasteiger partial charge < -0.3 is 26.0 Å². The molecule has 1 aliphatic rings. The molecule has 4 rings (SSSR count). The van der Waals surface area contributed by atoms with Gasteiger partial charge in [0.15, 0.2) is 0 Å². The van der Waals surface area contributed by atoms with Crippen LogP contribution >= 0.6 is 0 Å². The van der Waals surface area contributed by atoms with Crippen LogP contribution in [0.1, 0.15) is 22.3 Å². The normalized spacial score (nSPS) is 17.5. The number of rotatable bonds is 7. The number of piperidine rings is 1. The minimum atomic E-state index is -1.23. The monoisotopic (exact) mass is 461 g/mol. The maximum absolute atomic E-state index is 15.1. The molecule has 0 unspecified atom stereocenters. The fourth-order valence-electron chi connectivity index (χ4n) is 3.80. The van der Waals surface area contributed by atoms with Gasteiger partial charge in [0.25, 0.3) is 5.91 Å². The highest BCUT2D eigenvalue weighted by atomic mass is 19.1. The van der Waals surface area contributed by atoms with Gasteiger partial charge in [-0.3, -0.25) is 4.79 Å². The van der Waals surface area contributed by atoms with E-state index < -0.39 is 18.1 Å². The van der Waals surface area contributed by atoms with Crippen LogP contribution in [0.4, 0.5) is 27.4 Å². The number of alkyl halides is 1. The van der Waals surface area contributed by atoms with Crippen molar-refractivity contribution in [2.75, 3.05) is 35.7 Å². The molecule has 34 heavy (non-hydrogen) atoms. The first-order valence-electron chi connectivity index (χ1n) is 10.7. The number of carbonyl (C=O) groups is 1. The second-order valence-electron chi connectivity index (χ2n) is 7.85. The lowest BCUT2D eigenvalue weighted by Gasteiger charge is -2.36. The van der Waals surface area contributed by atoms with E-state index in [1.54, 1.807) is 31.4 Å². The molecule has 9 nitrogen and oxygen atoms in total. The standard InChI is InChI=1S/C24H24FN7O2/c1-34-17-4-2-3-16(9-17)30-22-10-21(18(13-28-22)24(27)33)31-20-7-8-32(14-19(20)25)23-6-5-15(11-26)12-29-23/h2-6,9-10,12-13,19-20H,7-8,14H2,1H3,(H2,27,33)(H2,28,30,31)/t19-,20+/m0/s1. The highest BCUT2D eigenvalue weighted by molar-refractivity contribution is 5.98. The third kappa shape index (κ3) is 5.15. The van der Waals surface area contributed by atoms with Crippen LogP contribution in [0.2, 0.25) is 0 Å². The molecule has 3 heterocycles. The van der Waals surface area contributed by atoms with Crippen molar-refractivity contribution in [3.63, 3.8) is 0 Å². The molecule has 1 amide bonds. The predicted octanol–water partition coefficient (Wildman–Crippen LogP) is 3.23. The molecule has 0 saturated carbocycles. The number of nitrogens with zero attached hydrogens (tertiary/aromatic N) is 4. The number of nitriles is 1. The molecule has 10 heteroatoms. The third-order valence-electron chi connectivity index (χ3n) is 5.59. The van der Waals surface area contributed by atoms with E-state index in [2.05, 4.69) is 20.6 Å². The molecule has 1 saturated heterocycles. The first-order chi connectivity index (χ1) is 16.5. The number of ether oxygens (including phenoxy) is 1. The van der Waals surface area contributed by atoms with E-state index in [0.29, 0.717) is 41.6 Å². The Hall–Kier alpha value is -4.39. The van der Waals surface area contributed by atoms with Crippen LogP contribution in [0.3, 0.4) is 0 Å². The molecule has 2 atom stereocenters. The summed E-state index contributed by atoms with van der Waals surface area (Å²) >= 11 is 0. The summed E-state index contributed by atoms with van der Waals surface area (Å²) in [6, 6.07) is 13.8. The summed E-state index contributed by atoms with van der Waals surface area (Å²) < 4.78 is 20.4. The number of primary amides is 1. The Morgan fingerprint density at radius 3 is 2.79 bits per heavy atom. The topological polar surface area (TPSA) is 129 Å². The van der Waals surface area contributed by atoms with Crippen molar-refractivity contribution in [3.05, 3.63) is 66.0 Å². The fraction of sp³-hybridized carbons (Fsp3) is 0.250. The Morgan fingerprint density at radius 2 is 2.12 bits per heavy atom. The number of hydrogen-bond donors (Lipinski definition) is 3. The minimum Gasteiger partial charge on any atom is -0.497 e. The first-order valence-corrected chi connectivity index (χ1v) is 10.7. The Labute approximate surface area is 196 Å². The van der Waals surface area contributed by atoms with E-state index in [0.717, 1.165) is 5.69 Å². The number of pyridine rings is 2. The van der Waals surface area contributed by atoms with E-state index >= 15 is 4.39 Å². The van der Waals surface area contributed by atoms with Gasteiger partial charge in [0.05, 0.1) is 36.5 Å². The molecule has 1 aromatic carbocycles. The van der Waals surface area contributed by atoms with E-state index in [4.69, 9.17) is 15.7 Å². The number of halogens is 1. The average molecular weight is 462 g/mol. The zero-order valence-corrected chi connectivity index (χ0v) is 18.5. The molecule has 3 aromatic rings. The van der Waals surface area contributed by atoms with Gasteiger partial charge >= 0.3 is 0 Å². The third-order valence-corrected chi connectivity index (χ3v) is 5.59. The first kappa shape index (κ1) is 22.8. The van der Waals surface area contributed by atoms with Gasteiger partial charge in [0.2, 0.25) is 0 Å². The lowest BCUT2D eigenvalue weighted by Crippen LogP contribution is -2.48. The number of amides is 1. The van der Waals surface area contributed by atoms with Crippen LogP contribution in [0.5, 0.6) is 5.75 Å². The molecule has 4 N–H and O–H groups in total. The molecule has 0 radical (unpaired) electrons. The van der Waals surface area contributed by atoms with E-state index in [9.17, 15) is 4.79 Å². The zero-order chi connectivity index (χ0) is 24.1. The van der Waals surface area contributed by atoms with Crippen molar-refractivity contribution in [2.24, 2.45) is 5.73 Å². The number of benzene rings is 1. The summed E-state index contributed by atoms with van der Waals surface area (Å²) in [4.78, 5) is 22.3. The Kier molecular flexibility index (Phi) is 6.73. The number of hydrogen-bond acceptors (Lipinski definition) is 8. The smallest absolute Gasteiger partial charge is 0.252 e. The molecular weight excluding hydrogens is 437 g/mol. The minimum absolute atomic E-state index is 0.127. The lowest BCUT2D eigenvalue weighted by atomic mass is 10.0. The van der Waals surface area contributed by atoms with Gasteiger partial charge in [-0.25, -0.2) is 14.4 Å². The van der Waals surface area contributed by atoms with Crippen LogP contribution < -0.4 is 26.0 Å². The van der Waals surface area contributed by atoms with Crippen LogP contribution in [-0.4, -0.2) is 48.3 Å². The van der Waals surface area contributed by atoms with Crippen molar-refractivity contribution in [1.29, 1.82) is 5.26 Å². The Bertz CT molecular complexity index is 1210. The van der Waals surface area contributed by atoms with Crippen molar-refractivity contribution in [1.82, 2.24) is 9.97 Å². The van der Waals surface area contributed by atoms with Crippen molar-refractivity contribution >= 4 is 28.9 Å². The summed E-state index contributed by atoms with van der Waals surface area (Å²) in [5.41, 5.74) is 7.31. The SMILES string of the molecule is COc1cccc(Nc2cc(N[C@@H]3CCN(c4ccc(C#N)cn4)C[C@@H]3F)c(C(N)=O)cn2)c1. The Balaban J connectivity index is 1.49. The van der Waals surface area contributed by atoms with Crippen molar-refractivity contribution in [3.8, 4) is 11.8 Å². The van der Waals surface area contributed by atoms with Gasteiger partial charge in [0, 0.05) is 36.8 Å². The summed E-state index contributed by atoms with van der Waals surface area (Å²) in [5, 5.41) is 15.2. The highest BCUT2D eigenvalue weighted by Gasteiger charge is 2.30. The number of aromatic nitrogens is 2. The summed E-state index contributed by atoms with van der Waals surface area (Å²) in [5.74, 6) is 1.11. The zero-order valence-electron chi connectivity index (χ0n) is 18.5. The van der Waals surface area contributed by atoms with Gasteiger partial charge in [-0.2, -0.15) is 5.26 Å². The van der Waals surface area contributed by atoms with Gasteiger partial charge in [-0.05, 0) is 30.7 Å². The quantitative estimate of drug-likeness (QED) is 0.489. The number of carbonyl (C=O) groups excluding carboxylic acids is 1. The summed E-state index contributed by atoms with van der Waals surface area (Å²) in [6.45, 7) is 0.686. The van der Waals surface area contributed by atoms with Crippen LogP contribution in [0, 0.1) is 11.3 Å². The maximum atomic E-state index is 15.1. The highest BCUT2D eigenvalue weighted by Crippen LogP contribution is 2.27. The van der Waals surface area contributed by atoms with Gasteiger partial charge in [-0.1, -0.05) is 6.07 Å². The number of nitrogens with one attached hydrogen (secondary N) is 2. The predicted molar refractivity (Wildman–Crippen MR) is 127 cm³/mol. The van der Waals surface area contributed by atoms with E-state index in [1.807, 2.05) is 29.2 Å². The van der Waals surface area contributed by atoms with Gasteiger partial charge in [0.1, 0.15) is 29.6 Å². The summed E-state index contributed by atoms with van der Waals surface area (Å²) in [6.07, 6.45) is 2.09. The van der Waals surface area contributed by atoms with E-state index in [1.165, 1.54) is 12.4 Å². The lowest BCUT2D eigenvalue weighted by molar-refractivity contribution is 0.100. The van der Waals surface area contributed by atoms with Crippen molar-refractivity contribution < 1.29 is 13.9 Å². The fourth-order valence-corrected chi connectivity index (χ4v) is 3.80. The average Bonchev–Trinajstić information content (AvgIpc) is 2.85. The molecule has 2 aromatic heterocycles. The molecular formula is C24H24FN7O2. The molecule has 174 valence electrons. The Morgan fingerprint density at radius 1 is 1.26 bits per heavy atom. The number of nitrogens with two attached hydrogens (primary N) is 1. The second-order valence-corrected chi connectivity index (χ2v) is 7.85. The molecule has 0 spiro atoms. The number of methoxy groups -OCH3 is 1. The maximum Gasteiger partial charge on any atom is 0.252 e. The molecule has 1 aliphatic heterocycles. The largest absolute Gasteiger partial charge is 0.497 e.